The van der Waals surface area contributed by atoms with Gasteiger partial charge in [0.2, 0.25) is 0 Å². The molecule has 2 atom stereocenters. The standard InChI is InChI=1S/C38H48O4/c1-27(15-11-17-29(3)19-21-31-23-33(39)35(41)25-37(31,5)6)13-9-10-14-28(2)16-12-18-30(4)20-22-32-24-34(40)36(42)26-38(32,7)8/h9-22,31-32H,23-26H2,1-8H3/b10-9+,15-11+,16-12+,21-19?,22-20?,27-13+,28-14+,29-17+,30-18+. The zero-order chi connectivity index (χ0) is 31.5. The van der Waals surface area contributed by atoms with Gasteiger partial charge in [-0.1, -0.05) is 135 Å². The highest BCUT2D eigenvalue weighted by molar-refractivity contribution is 6.38. The Morgan fingerprint density at radius 1 is 0.500 bits per heavy atom. The van der Waals surface area contributed by atoms with E-state index in [1.165, 1.54) is 0 Å². The molecule has 0 aliphatic heterocycles. The Labute approximate surface area is 253 Å². The maximum Gasteiger partial charge on any atom is 0.199 e. The topological polar surface area (TPSA) is 68.3 Å². The molecular formula is C38H48O4. The van der Waals surface area contributed by atoms with Crippen LogP contribution in [0.4, 0.5) is 0 Å². The van der Waals surface area contributed by atoms with Gasteiger partial charge < -0.3 is 0 Å². The van der Waals surface area contributed by atoms with Gasteiger partial charge in [-0.2, -0.15) is 0 Å². The van der Waals surface area contributed by atoms with Gasteiger partial charge >= 0.3 is 0 Å². The van der Waals surface area contributed by atoms with Crippen LogP contribution in [0.3, 0.4) is 0 Å². The highest BCUT2D eigenvalue weighted by Gasteiger charge is 2.40. The van der Waals surface area contributed by atoms with E-state index < -0.39 is 0 Å². The molecule has 224 valence electrons. The van der Waals surface area contributed by atoms with Crippen molar-refractivity contribution in [1.29, 1.82) is 0 Å². The summed E-state index contributed by atoms with van der Waals surface area (Å²) in [4.78, 5) is 47.2. The Morgan fingerprint density at radius 2 is 0.810 bits per heavy atom. The molecule has 2 unspecified atom stereocenters. The third kappa shape index (κ3) is 11.3. The highest BCUT2D eigenvalue weighted by atomic mass is 16.2. The van der Waals surface area contributed by atoms with E-state index in [0.29, 0.717) is 25.7 Å². The first-order valence-electron chi connectivity index (χ1n) is 14.8. The molecule has 0 aromatic heterocycles. The van der Waals surface area contributed by atoms with Crippen LogP contribution in [-0.4, -0.2) is 23.1 Å². The molecular weight excluding hydrogens is 520 g/mol. The van der Waals surface area contributed by atoms with Gasteiger partial charge in [0.15, 0.2) is 23.1 Å². The molecule has 2 aliphatic carbocycles. The van der Waals surface area contributed by atoms with Crippen LogP contribution in [0.15, 0.2) is 107 Å². The van der Waals surface area contributed by atoms with Crippen molar-refractivity contribution in [3.8, 4) is 0 Å². The van der Waals surface area contributed by atoms with Crippen molar-refractivity contribution in [1.82, 2.24) is 0 Å². The minimum atomic E-state index is -0.254. The summed E-state index contributed by atoms with van der Waals surface area (Å²) in [5.74, 6) is -0.847. The van der Waals surface area contributed by atoms with Crippen molar-refractivity contribution >= 4 is 23.1 Å². The second kappa shape index (κ2) is 15.5. The first-order chi connectivity index (χ1) is 19.6. The molecule has 0 heterocycles. The highest BCUT2D eigenvalue weighted by Crippen LogP contribution is 2.39. The van der Waals surface area contributed by atoms with E-state index in [9.17, 15) is 19.2 Å². The van der Waals surface area contributed by atoms with E-state index >= 15 is 0 Å². The quantitative estimate of drug-likeness (QED) is 0.195. The first kappa shape index (κ1) is 34.5. The Hall–Kier alpha value is -3.66. The zero-order valence-corrected chi connectivity index (χ0v) is 26.7. The van der Waals surface area contributed by atoms with Gasteiger partial charge in [0.05, 0.1) is 0 Å². The largest absolute Gasteiger partial charge is 0.291 e. The van der Waals surface area contributed by atoms with Crippen LogP contribution in [0.25, 0.3) is 0 Å². The monoisotopic (exact) mass is 568 g/mol. The molecule has 0 aromatic rings. The molecule has 0 amide bonds. The second-order valence-corrected chi connectivity index (χ2v) is 13.1. The van der Waals surface area contributed by atoms with E-state index in [1.54, 1.807) is 0 Å². The zero-order valence-electron chi connectivity index (χ0n) is 26.7. The van der Waals surface area contributed by atoms with Gasteiger partial charge in [0.25, 0.3) is 0 Å². The smallest absolute Gasteiger partial charge is 0.199 e. The minimum absolute atomic E-state index is 0.0750. The van der Waals surface area contributed by atoms with Crippen LogP contribution in [0.1, 0.15) is 81.1 Å². The summed E-state index contributed by atoms with van der Waals surface area (Å²) in [6.45, 7) is 16.3. The fourth-order valence-electron chi connectivity index (χ4n) is 5.00. The lowest BCUT2D eigenvalue weighted by Gasteiger charge is -2.35. The number of ketones is 4. The number of Topliss-reactive ketones (excluding diaryl/α,β-unsaturated/α-hetero) is 4. The number of rotatable bonds is 10. The van der Waals surface area contributed by atoms with E-state index in [2.05, 4.69) is 24.3 Å². The molecule has 42 heavy (non-hydrogen) atoms. The number of carbonyl (C=O) groups excluding carboxylic acids is 4. The predicted octanol–water partition coefficient (Wildman–Crippen LogP) is 8.70. The molecule has 2 saturated carbocycles. The molecule has 0 saturated heterocycles. The van der Waals surface area contributed by atoms with E-state index in [0.717, 1.165) is 22.3 Å². The van der Waals surface area contributed by atoms with Crippen molar-refractivity contribution in [2.24, 2.45) is 22.7 Å². The van der Waals surface area contributed by atoms with Crippen LogP contribution in [-0.2, 0) is 19.2 Å². The average molecular weight is 569 g/mol. The molecule has 0 N–H and O–H groups in total. The Morgan fingerprint density at radius 3 is 1.17 bits per heavy atom. The normalized spacial score (nSPS) is 25.0. The van der Waals surface area contributed by atoms with Crippen molar-refractivity contribution in [2.45, 2.75) is 81.1 Å². The number of hydrogen-bond acceptors (Lipinski definition) is 4. The first-order valence-corrected chi connectivity index (χ1v) is 14.8. The molecule has 0 radical (unpaired) electrons. The Bertz CT molecular complexity index is 1230. The fraction of sp³-hybridized carbons (Fsp3) is 0.421. The van der Waals surface area contributed by atoms with Gasteiger partial charge in [-0.25, -0.2) is 0 Å². The van der Waals surface area contributed by atoms with Crippen molar-refractivity contribution in [2.75, 3.05) is 0 Å². The third-order valence-corrected chi connectivity index (χ3v) is 8.12. The van der Waals surface area contributed by atoms with Crippen molar-refractivity contribution in [3.05, 3.63) is 107 Å². The van der Waals surface area contributed by atoms with Crippen LogP contribution in [0, 0.1) is 22.7 Å². The lowest BCUT2D eigenvalue weighted by Crippen LogP contribution is -2.37. The van der Waals surface area contributed by atoms with Gasteiger partial charge in [-0.3, -0.25) is 19.2 Å². The molecule has 0 spiro atoms. The van der Waals surface area contributed by atoms with Crippen molar-refractivity contribution in [3.63, 3.8) is 0 Å². The van der Waals surface area contributed by atoms with E-state index in [4.69, 9.17) is 0 Å². The second-order valence-electron chi connectivity index (χ2n) is 13.1. The third-order valence-electron chi connectivity index (χ3n) is 8.12. The lowest BCUT2D eigenvalue weighted by atomic mass is 9.68. The van der Waals surface area contributed by atoms with E-state index in [1.807, 2.05) is 116 Å². The molecule has 0 bridgehead atoms. The summed E-state index contributed by atoms with van der Waals surface area (Å²) in [6, 6.07) is 0. The SMILES string of the molecule is C\C(C=CC1CC(=O)C(=O)CC1(C)C)=C/C=C/C(C)=C/C=C/C=C(C)/C=C/C=C(\C)C=CC1CC(=O)C(=O)CC1(C)C. The summed E-state index contributed by atoms with van der Waals surface area (Å²) in [5.41, 5.74) is 4.03. The minimum Gasteiger partial charge on any atom is -0.291 e. The molecule has 4 heteroatoms. The van der Waals surface area contributed by atoms with Crippen LogP contribution in [0.2, 0.25) is 0 Å². The number of allylic oxidation sites excluding steroid dienone is 18. The predicted molar refractivity (Wildman–Crippen MR) is 174 cm³/mol. The van der Waals surface area contributed by atoms with Crippen LogP contribution in [0.5, 0.6) is 0 Å². The fourth-order valence-corrected chi connectivity index (χ4v) is 5.00. The lowest BCUT2D eigenvalue weighted by molar-refractivity contribution is -0.141. The van der Waals surface area contributed by atoms with Gasteiger partial charge in [0.1, 0.15) is 0 Å². The number of hydrogen-bond donors (Lipinski definition) is 0. The van der Waals surface area contributed by atoms with Crippen LogP contribution >= 0.6 is 0 Å². The molecule has 4 nitrogen and oxygen atoms in total. The molecule has 0 aromatic carbocycles. The molecule has 2 fully saturated rings. The molecule has 2 aliphatic rings. The summed E-state index contributed by atoms with van der Waals surface area (Å²) in [7, 11) is 0. The average Bonchev–Trinajstić information content (AvgIpc) is 2.88. The van der Waals surface area contributed by atoms with Gasteiger partial charge in [-0.05, 0) is 50.4 Å². The Kier molecular flexibility index (Phi) is 12.8. The molecule has 2 rings (SSSR count). The Balaban J connectivity index is 1.86. The summed E-state index contributed by atoms with van der Waals surface area (Å²) >= 11 is 0. The maximum atomic E-state index is 11.9. The van der Waals surface area contributed by atoms with Crippen molar-refractivity contribution < 1.29 is 19.2 Å². The maximum absolute atomic E-state index is 11.9. The number of carbonyl (C=O) groups is 4. The van der Waals surface area contributed by atoms with E-state index in [-0.39, 0.29) is 45.8 Å². The van der Waals surface area contributed by atoms with Gasteiger partial charge in [-0.15, -0.1) is 0 Å². The van der Waals surface area contributed by atoms with Gasteiger partial charge in [0, 0.05) is 25.7 Å². The summed E-state index contributed by atoms with van der Waals surface area (Å²) < 4.78 is 0. The summed E-state index contributed by atoms with van der Waals surface area (Å²) in [6.07, 6.45) is 29.8. The summed E-state index contributed by atoms with van der Waals surface area (Å²) in [5, 5.41) is 0. The van der Waals surface area contributed by atoms with Crippen LogP contribution < -0.4 is 0 Å².